The molecule has 4 atom stereocenters. The number of hydrogen-bond donors (Lipinski definition) is 3. The van der Waals surface area contributed by atoms with Crippen molar-refractivity contribution in [1.82, 2.24) is 9.55 Å². The minimum Gasteiger partial charge on any atom is -0.490 e. The Labute approximate surface area is 188 Å². The molecule has 7 heteroatoms. The van der Waals surface area contributed by atoms with Gasteiger partial charge in [-0.05, 0) is 24.1 Å². The van der Waals surface area contributed by atoms with Crippen LogP contribution in [0.5, 0.6) is 5.75 Å². The van der Waals surface area contributed by atoms with Gasteiger partial charge in [-0.25, -0.2) is 4.98 Å². The fourth-order valence-electron chi connectivity index (χ4n) is 3.60. The van der Waals surface area contributed by atoms with Crippen LogP contribution in [0.2, 0.25) is 0 Å². The van der Waals surface area contributed by atoms with E-state index in [1.54, 1.807) is 37.1 Å². The minimum absolute atomic E-state index is 0.175. The molecule has 4 unspecified atom stereocenters. The molecule has 0 bridgehead atoms. The van der Waals surface area contributed by atoms with Gasteiger partial charge in [-0.2, -0.15) is 0 Å². The van der Waals surface area contributed by atoms with Gasteiger partial charge in [-0.1, -0.05) is 48.5 Å². The number of imidazole rings is 1. The van der Waals surface area contributed by atoms with Gasteiger partial charge >= 0.3 is 0 Å². The van der Waals surface area contributed by atoms with Crippen molar-refractivity contribution in [2.75, 3.05) is 20.3 Å². The first kappa shape index (κ1) is 23.7. The van der Waals surface area contributed by atoms with Gasteiger partial charge in [0.15, 0.2) is 0 Å². The summed E-state index contributed by atoms with van der Waals surface area (Å²) in [5.41, 5.74) is 8.31. The van der Waals surface area contributed by atoms with E-state index in [0.717, 1.165) is 22.4 Å². The number of aromatic nitrogens is 2. The molecule has 32 heavy (non-hydrogen) atoms. The quantitative estimate of drug-likeness (QED) is 0.397. The predicted molar refractivity (Wildman–Crippen MR) is 124 cm³/mol. The Morgan fingerprint density at radius 3 is 2.50 bits per heavy atom. The number of aliphatic hydroxyl groups is 2. The Bertz CT molecular complexity index is 996. The Balaban J connectivity index is 1.82. The second-order valence-corrected chi connectivity index (χ2v) is 7.56. The fourth-order valence-corrected chi connectivity index (χ4v) is 3.60. The first-order valence-corrected chi connectivity index (χ1v) is 10.6. The molecule has 3 rings (SSSR count). The van der Waals surface area contributed by atoms with E-state index in [-0.39, 0.29) is 6.10 Å². The van der Waals surface area contributed by atoms with E-state index in [2.05, 4.69) is 11.6 Å². The van der Waals surface area contributed by atoms with Crippen LogP contribution in [0.25, 0.3) is 11.1 Å². The molecular weight excluding hydrogens is 406 g/mol. The van der Waals surface area contributed by atoms with Crippen LogP contribution in [-0.4, -0.2) is 46.1 Å². The summed E-state index contributed by atoms with van der Waals surface area (Å²) < 4.78 is 13.0. The van der Waals surface area contributed by atoms with Gasteiger partial charge in [0.05, 0.1) is 6.04 Å². The molecule has 2 aromatic carbocycles. The SMILES string of the molecule is C=CC(C(O)c1ccc(-c2ccccc2OCC(CN)OC)cc1)n1ccnc1C(C)O. The monoisotopic (exact) mass is 437 g/mol. The lowest BCUT2D eigenvalue weighted by Crippen LogP contribution is -2.29. The highest BCUT2D eigenvalue weighted by Crippen LogP contribution is 2.34. The summed E-state index contributed by atoms with van der Waals surface area (Å²) in [6.07, 6.45) is 3.20. The molecule has 0 fully saturated rings. The topological polar surface area (TPSA) is 103 Å². The number of nitrogens with two attached hydrogens (primary N) is 1. The number of hydrogen-bond acceptors (Lipinski definition) is 6. The lowest BCUT2D eigenvalue weighted by molar-refractivity contribution is 0.0646. The lowest BCUT2D eigenvalue weighted by atomic mass is 9.97. The molecule has 0 amide bonds. The maximum atomic E-state index is 11.0. The third kappa shape index (κ3) is 5.26. The van der Waals surface area contributed by atoms with E-state index in [1.807, 2.05) is 48.5 Å². The average molecular weight is 438 g/mol. The number of rotatable bonds is 11. The Kier molecular flexibility index (Phi) is 8.19. The summed E-state index contributed by atoms with van der Waals surface area (Å²) in [6, 6.07) is 14.9. The maximum absolute atomic E-state index is 11.0. The van der Waals surface area contributed by atoms with E-state index in [0.29, 0.717) is 19.0 Å². The number of benzene rings is 2. The van der Waals surface area contributed by atoms with Crippen molar-refractivity contribution in [3.8, 4) is 16.9 Å². The van der Waals surface area contributed by atoms with Crippen LogP contribution in [0, 0.1) is 0 Å². The molecule has 7 nitrogen and oxygen atoms in total. The second-order valence-electron chi connectivity index (χ2n) is 7.56. The zero-order chi connectivity index (χ0) is 23.1. The standard InChI is InChI=1S/C25H31N3O4/c1-4-22(28-14-13-27-25(28)17(2)29)24(30)19-11-9-18(10-12-19)21-7-5-6-8-23(21)32-16-20(15-26)31-3/h4-14,17,20,22,24,29-30H,1,15-16,26H2,2-3H3. The predicted octanol–water partition coefficient (Wildman–Crippen LogP) is 3.42. The summed E-state index contributed by atoms with van der Waals surface area (Å²) in [7, 11) is 1.61. The van der Waals surface area contributed by atoms with E-state index in [1.165, 1.54) is 0 Å². The molecule has 170 valence electrons. The van der Waals surface area contributed by atoms with Crippen LogP contribution in [0.15, 0.2) is 73.6 Å². The smallest absolute Gasteiger partial charge is 0.137 e. The van der Waals surface area contributed by atoms with Crippen molar-refractivity contribution in [3.05, 3.63) is 85.0 Å². The van der Waals surface area contributed by atoms with E-state index in [9.17, 15) is 10.2 Å². The highest BCUT2D eigenvalue weighted by atomic mass is 16.5. The molecule has 0 saturated heterocycles. The van der Waals surface area contributed by atoms with Gasteiger partial charge in [-0.3, -0.25) is 0 Å². The van der Waals surface area contributed by atoms with Crippen molar-refractivity contribution >= 4 is 0 Å². The van der Waals surface area contributed by atoms with E-state index < -0.39 is 18.2 Å². The average Bonchev–Trinajstić information content (AvgIpc) is 3.30. The van der Waals surface area contributed by atoms with Gasteiger partial charge in [0.25, 0.3) is 0 Å². The molecule has 0 aliphatic rings. The van der Waals surface area contributed by atoms with Crippen molar-refractivity contribution in [3.63, 3.8) is 0 Å². The van der Waals surface area contributed by atoms with Gasteiger partial charge in [0.1, 0.15) is 36.5 Å². The zero-order valence-corrected chi connectivity index (χ0v) is 18.5. The molecule has 3 aromatic rings. The molecule has 1 heterocycles. The molecule has 0 aliphatic heterocycles. The summed E-state index contributed by atoms with van der Waals surface area (Å²) >= 11 is 0. The van der Waals surface area contributed by atoms with Crippen molar-refractivity contribution < 1.29 is 19.7 Å². The van der Waals surface area contributed by atoms with Crippen molar-refractivity contribution in [2.24, 2.45) is 5.73 Å². The molecule has 0 saturated carbocycles. The largest absolute Gasteiger partial charge is 0.490 e. The van der Waals surface area contributed by atoms with Crippen molar-refractivity contribution in [1.29, 1.82) is 0 Å². The molecular formula is C25H31N3O4. The third-order valence-corrected chi connectivity index (χ3v) is 5.43. The first-order chi connectivity index (χ1) is 15.5. The molecule has 0 aliphatic carbocycles. The summed E-state index contributed by atoms with van der Waals surface area (Å²) in [5.74, 6) is 1.21. The van der Waals surface area contributed by atoms with Gasteiger partial charge in [0.2, 0.25) is 0 Å². The summed E-state index contributed by atoms with van der Waals surface area (Å²) in [4.78, 5) is 4.19. The minimum atomic E-state index is -0.855. The van der Waals surface area contributed by atoms with Crippen molar-refractivity contribution in [2.45, 2.75) is 31.3 Å². The molecule has 1 aromatic heterocycles. The Morgan fingerprint density at radius 1 is 1.16 bits per heavy atom. The highest BCUT2D eigenvalue weighted by Gasteiger charge is 2.23. The third-order valence-electron chi connectivity index (χ3n) is 5.43. The van der Waals surface area contributed by atoms with Crippen LogP contribution >= 0.6 is 0 Å². The molecule has 0 radical (unpaired) electrons. The summed E-state index contributed by atoms with van der Waals surface area (Å²) in [5, 5.41) is 21.0. The normalized spacial score (nSPS) is 15.0. The van der Waals surface area contributed by atoms with Gasteiger partial charge < -0.3 is 30.0 Å². The van der Waals surface area contributed by atoms with Crippen LogP contribution in [-0.2, 0) is 4.74 Å². The fraction of sp³-hybridized carbons (Fsp3) is 0.320. The molecule has 0 spiro atoms. The van der Waals surface area contributed by atoms with Crippen LogP contribution in [0.1, 0.15) is 36.6 Å². The van der Waals surface area contributed by atoms with Gasteiger partial charge in [-0.15, -0.1) is 6.58 Å². The van der Waals surface area contributed by atoms with Crippen LogP contribution < -0.4 is 10.5 Å². The number of para-hydroxylation sites is 1. The first-order valence-electron chi connectivity index (χ1n) is 10.6. The van der Waals surface area contributed by atoms with E-state index >= 15 is 0 Å². The Morgan fingerprint density at radius 2 is 1.88 bits per heavy atom. The lowest BCUT2D eigenvalue weighted by Gasteiger charge is -2.24. The van der Waals surface area contributed by atoms with Crippen LogP contribution in [0.3, 0.4) is 0 Å². The zero-order valence-electron chi connectivity index (χ0n) is 18.5. The van der Waals surface area contributed by atoms with E-state index in [4.69, 9.17) is 15.2 Å². The second kappa shape index (κ2) is 11.1. The highest BCUT2D eigenvalue weighted by molar-refractivity contribution is 5.70. The summed E-state index contributed by atoms with van der Waals surface area (Å²) in [6.45, 7) is 6.24. The number of methoxy groups -OCH3 is 1. The Hall–Kier alpha value is -2.97. The van der Waals surface area contributed by atoms with Gasteiger partial charge in [0, 0.05) is 31.6 Å². The maximum Gasteiger partial charge on any atom is 0.137 e. The number of aliphatic hydroxyl groups excluding tert-OH is 2. The van der Waals surface area contributed by atoms with Crippen LogP contribution in [0.4, 0.5) is 0 Å². The number of nitrogens with zero attached hydrogens (tertiary/aromatic N) is 2. The molecule has 4 N–H and O–H groups in total. The number of ether oxygens (including phenoxy) is 2.